The van der Waals surface area contributed by atoms with E-state index in [1.54, 1.807) is 39.8 Å². The summed E-state index contributed by atoms with van der Waals surface area (Å²) < 4.78 is 121. The second-order valence-corrected chi connectivity index (χ2v) is 33.5. The molecule has 0 aromatic heterocycles. The lowest BCUT2D eigenvalue weighted by molar-refractivity contribution is -0.219. The minimum Gasteiger partial charge on any atom is -0.377 e. The third kappa shape index (κ3) is 22.0. The molecule has 2 bridgehead atoms. The lowest BCUT2D eigenvalue weighted by Crippen LogP contribution is -2.71. The fourth-order valence-corrected chi connectivity index (χ4v) is 18.1. The van der Waals surface area contributed by atoms with Gasteiger partial charge in [-0.1, -0.05) is 73.0 Å². The summed E-state index contributed by atoms with van der Waals surface area (Å²) in [5.41, 5.74) is -2.37. The first-order chi connectivity index (χ1) is 51.4. The normalized spacial score (nSPS) is 32.0. The third-order valence-electron chi connectivity index (χ3n) is 24.1. The van der Waals surface area contributed by atoms with Crippen LogP contribution in [0.2, 0.25) is 0 Å². The van der Waals surface area contributed by atoms with Gasteiger partial charge in [0.15, 0.2) is 0 Å². The van der Waals surface area contributed by atoms with E-state index in [1.165, 1.54) is 61.9 Å². The number of amides is 12. The van der Waals surface area contributed by atoms with E-state index in [1.807, 2.05) is 27.7 Å². The number of likely N-dealkylation sites (N-methyl/N-ethyl adjacent to an activating group) is 6. The zero-order valence-corrected chi connectivity index (χ0v) is 66.5. The number of halogens is 8. The van der Waals surface area contributed by atoms with Gasteiger partial charge in [-0.25, -0.2) is 8.78 Å². The Morgan fingerprint density at radius 1 is 0.682 bits per heavy atom. The molecule has 1 spiro atoms. The number of nitrogens with one attached hydrogen (secondary N) is 4. The molecular formula is C77H120F8N12O13. The van der Waals surface area contributed by atoms with Crippen LogP contribution < -0.4 is 21.3 Å². The van der Waals surface area contributed by atoms with E-state index in [0.717, 1.165) is 19.6 Å². The van der Waals surface area contributed by atoms with Crippen LogP contribution in [-0.2, 0) is 62.3 Å². The maximum Gasteiger partial charge on any atom is 0.397 e. The number of rotatable bonds is 14. The Morgan fingerprint density at radius 2 is 1.31 bits per heavy atom. The Morgan fingerprint density at radius 3 is 1.86 bits per heavy atom. The van der Waals surface area contributed by atoms with Crippen LogP contribution in [0.4, 0.5) is 35.1 Å². The van der Waals surface area contributed by atoms with E-state index in [2.05, 4.69) is 21.3 Å². The van der Waals surface area contributed by atoms with E-state index < -0.39 is 235 Å². The smallest absolute Gasteiger partial charge is 0.377 e. The number of ether oxygens (including phenoxy) is 1. The molecule has 110 heavy (non-hydrogen) atoms. The van der Waals surface area contributed by atoms with E-state index in [4.69, 9.17) is 4.74 Å². The van der Waals surface area contributed by atoms with Crippen molar-refractivity contribution in [2.75, 3.05) is 81.6 Å². The van der Waals surface area contributed by atoms with Crippen LogP contribution in [0.15, 0.2) is 12.2 Å². The quantitative estimate of drug-likeness (QED) is 0.100. The second-order valence-electron chi connectivity index (χ2n) is 33.5. The van der Waals surface area contributed by atoms with Crippen LogP contribution in [0.1, 0.15) is 190 Å². The molecule has 4 aliphatic carbocycles. The highest BCUT2D eigenvalue weighted by Gasteiger charge is 2.60. The minimum absolute atomic E-state index is 0.00757. The highest BCUT2D eigenvalue weighted by atomic mass is 19.4. The van der Waals surface area contributed by atoms with E-state index >= 15 is 42.3 Å². The molecular weight excluding hydrogens is 1450 g/mol. The van der Waals surface area contributed by atoms with Gasteiger partial charge in [0.1, 0.15) is 72.1 Å². The number of fused-ring (bicyclic) bond motifs is 3. The summed E-state index contributed by atoms with van der Waals surface area (Å²) in [7, 11) is 8.18. The van der Waals surface area contributed by atoms with Gasteiger partial charge in [-0.2, -0.15) is 26.3 Å². The van der Waals surface area contributed by atoms with E-state index in [9.17, 15) is 50.3 Å². The molecule has 3 heterocycles. The number of hydrogen-bond acceptors (Lipinski definition) is 13. The summed E-state index contributed by atoms with van der Waals surface area (Å²) in [5.74, 6) is -17.2. The van der Waals surface area contributed by atoms with Crippen LogP contribution >= 0.6 is 0 Å². The molecule has 12 amide bonds. The Bertz CT molecular complexity index is 3290. The summed E-state index contributed by atoms with van der Waals surface area (Å²) >= 11 is 0. The van der Waals surface area contributed by atoms with E-state index in [0.29, 0.717) is 32.1 Å². The van der Waals surface area contributed by atoms with E-state index in [-0.39, 0.29) is 109 Å². The summed E-state index contributed by atoms with van der Waals surface area (Å²) in [5, 5.41) is 11.1. The highest BCUT2D eigenvalue weighted by Crippen LogP contribution is 2.50. The zero-order chi connectivity index (χ0) is 82.0. The Hall–Kier alpha value is -7.22. The molecule has 0 radical (unpaired) electrons. The molecule has 7 rings (SSSR count). The van der Waals surface area contributed by atoms with Gasteiger partial charge < -0.3 is 65.2 Å². The van der Waals surface area contributed by atoms with Gasteiger partial charge in [0.05, 0.1) is 31.5 Å². The number of alkyl halides is 8. The summed E-state index contributed by atoms with van der Waals surface area (Å²) in [6, 6.07) is -11.5. The predicted molar refractivity (Wildman–Crippen MR) is 390 cm³/mol. The van der Waals surface area contributed by atoms with Gasteiger partial charge in [-0.3, -0.25) is 57.5 Å². The van der Waals surface area contributed by atoms with Crippen LogP contribution in [0.5, 0.6) is 0 Å². The Balaban J connectivity index is 1.34. The van der Waals surface area contributed by atoms with Gasteiger partial charge in [-0.15, -0.1) is 0 Å². The standard InChI is InChI=1S/C77H120F8N12O13/c1-15-45(6)63-67(103)86-39-61(100)92(12)54-25-19-18-22-32-96(71(54)107)58(36-46-26-29-49(30-27-46)76(80,81)82)70(106)91(11)41-59(98)87-53(31-28-47-34-51(78)62(52(79)35-47)77(83,84)85)68(104)97-40-50(110-17-3)37-56(97)66(102)89-75(42-74(7,8)43-75)73(109)94(14)64(48-23-20-21-24-48)72(108)93(13)57(69(105)90(9)10)38-60(99)95(16-2)55(33-44(4)5)65(101)88-63/h18-19,44-58,62-64H,15-17,20-43H2,1-14H3,(H,86,103)(H,87,98)(H,88,101)(H,89,102)/b19-18-/t45-,46?,47?,49?,50+,51?,52?,53-,54-,55-,56-,57-,58-,62?,63-,64-/m0/s1. The summed E-state index contributed by atoms with van der Waals surface area (Å²) in [4.78, 5) is 191. The summed E-state index contributed by atoms with van der Waals surface area (Å²) in [6.45, 7) is 12.0. The topological polar surface area (TPSA) is 288 Å². The summed E-state index contributed by atoms with van der Waals surface area (Å²) in [6.07, 6.45) is -13.8. The molecule has 0 aromatic carbocycles. The largest absolute Gasteiger partial charge is 0.397 e. The third-order valence-corrected chi connectivity index (χ3v) is 24.1. The molecule has 3 aliphatic heterocycles. The monoisotopic (exact) mass is 1570 g/mol. The van der Waals surface area contributed by atoms with Crippen molar-refractivity contribution in [2.45, 2.75) is 275 Å². The van der Waals surface area contributed by atoms with Gasteiger partial charge in [-0.05, 0) is 152 Å². The molecule has 2 saturated heterocycles. The first-order valence-corrected chi connectivity index (χ1v) is 39.4. The number of carbonyl (C=O) groups excluding carboxylic acids is 12. The van der Waals surface area contributed by atoms with Crippen molar-refractivity contribution >= 4 is 70.9 Å². The molecule has 33 heteroatoms. The predicted octanol–water partition coefficient (Wildman–Crippen LogP) is 7.03. The number of hydrogen-bond donors (Lipinski definition) is 4. The average molecular weight is 1570 g/mol. The average Bonchev–Trinajstić information content (AvgIpc) is 0.869. The molecule has 6 fully saturated rings. The van der Waals surface area contributed by atoms with Gasteiger partial charge in [0, 0.05) is 74.9 Å². The van der Waals surface area contributed by atoms with Crippen molar-refractivity contribution in [2.24, 2.45) is 46.8 Å². The van der Waals surface area contributed by atoms with Gasteiger partial charge >= 0.3 is 12.4 Å². The fourth-order valence-electron chi connectivity index (χ4n) is 18.1. The zero-order valence-electron chi connectivity index (χ0n) is 66.5. The van der Waals surface area contributed by atoms with Crippen molar-refractivity contribution in [1.29, 1.82) is 0 Å². The Labute approximate surface area is 641 Å². The Kier molecular flexibility index (Phi) is 31.1. The molecule has 25 nitrogen and oxygen atoms in total. The van der Waals surface area contributed by atoms with Crippen molar-refractivity contribution in [3.05, 3.63) is 12.2 Å². The molecule has 12 atom stereocenters. The SMILES string of the molecule is CCO[C@@H]1C[C@H]2C(=O)NC3(CC(C)(C)C3)C(=O)N(C)[C@@H](C3CCCC3)C(=O)N(C)[C@H](C(=O)N(C)C)CC(=O)N(CC)[C@@H](CC(C)C)C(=O)N[C@@H]([C@@H](C)CC)C(=O)NCC(=O)N(C)[C@H]3C/C=C\CCN(C3=O)[C@@H](CC3CCC(C(F)(F)F)CC3)C(=O)N(C)CC(=O)N[C@@H](CCC3CC(F)C(C(F)(F)F)C(F)C3)C(=O)N2C1. The molecule has 0 aromatic rings. The van der Waals surface area contributed by atoms with Crippen molar-refractivity contribution in [3.63, 3.8) is 0 Å². The van der Waals surface area contributed by atoms with Crippen LogP contribution in [0.3, 0.4) is 0 Å². The first-order valence-electron chi connectivity index (χ1n) is 39.4. The second kappa shape index (κ2) is 38.1. The minimum atomic E-state index is -5.22. The molecule has 7 aliphatic rings. The van der Waals surface area contributed by atoms with Crippen molar-refractivity contribution in [3.8, 4) is 0 Å². The first kappa shape index (κ1) is 90.0. The number of nitrogens with zero attached hydrogens (tertiary/aromatic N) is 8. The van der Waals surface area contributed by atoms with Crippen molar-refractivity contribution < 1.29 is 97.4 Å². The maximum atomic E-state index is 15.8. The van der Waals surface area contributed by atoms with Crippen molar-refractivity contribution in [1.82, 2.24) is 60.5 Å². The lowest BCUT2D eigenvalue weighted by Gasteiger charge is -2.54. The van der Waals surface area contributed by atoms with Crippen LogP contribution in [0.25, 0.3) is 0 Å². The fraction of sp³-hybridized carbons (Fsp3) is 0.818. The molecule has 4 saturated carbocycles. The number of carbonyl (C=O) groups is 12. The van der Waals surface area contributed by atoms with Crippen LogP contribution in [0, 0.1) is 46.8 Å². The maximum absolute atomic E-state index is 15.8. The van der Waals surface area contributed by atoms with Crippen LogP contribution in [-0.4, -0.2) is 276 Å². The molecule has 2 unspecified atom stereocenters. The molecule has 622 valence electrons. The lowest BCUT2D eigenvalue weighted by atomic mass is 9.58. The van der Waals surface area contributed by atoms with Gasteiger partial charge in [0.2, 0.25) is 70.9 Å². The molecule has 4 N–H and O–H groups in total. The highest BCUT2D eigenvalue weighted by molar-refractivity contribution is 6.01. The van der Waals surface area contributed by atoms with Gasteiger partial charge in [0.25, 0.3) is 0 Å².